The summed E-state index contributed by atoms with van der Waals surface area (Å²) in [7, 11) is -3.86. The van der Waals surface area contributed by atoms with Gasteiger partial charge in [-0.2, -0.15) is 0 Å². The Morgan fingerprint density at radius 2 is 1.48 bits per heavy atom. The zero-order valence-electron chi connectivity index (χ0n) is 24.7. The highest BCUT2D eigenvalue weighted by Crippen LogP contribution is 2.29. The molecule has 0 heterocycles. The van der Waals surface area contributed by atoms with Crippen molar-refractivity contribution in [2.75, 3.05) is 23.7 Å². The van der Waals surface area contributed by atoms with Gasteiger partial charge in [0.15, 0.2) is 0 Å². The first-order chi connectivity index (χ1) is 20.0. The smallest absolute Gasteiger partial charge is 0.244 e. The Hall–Kier alpha value is -4.17. The highest BCUT2D eigenvalue weighted by molar-refractivity contribution is 7.92. The number of carbonyl (C=O) groups excluding carboxylic acids is 2. The maximum absolute atomic E-state index is 14.3. The molecule has 0 fully saturated rings. The van der Waals surface area contributed by atoms with Gasteiger partial charge in [0, 0.05) is 24.9 Å². The van der Waals surface area contributed by atoms with Gasteiger partial charge in [-0.3, -0.25) is 13.9 Å². The average Bonchev–Trinajstić information content (AvgIpc) is 2.97. The largest absolute Gasteiger partial charge is 0.354 e. The van der Waals surface area contributed by atoms with E-state index >= 15 is 0 Å². The predicted molar refractivity (Wildman–Crippen MR) is 170 cm³/mol. The van der Waals surface area contributed by atoms with E-state index in [0.29, 0.717) is 12.2 Å². The van der Waals surface area contributed by atoms with Crippen molar-refractivity contribution in [3.8, 4) is 0 Å². The minimum absolute atomic E-state index is 0.158. The summed E-state index contributed by atoms with van der Waals surface area (Å²) in [5.41, 5.74) is 3.18. The fourth-order valence-corrected chi connectivity index (χ4v) is 5.83. The fourth-order valence-electron chi connectivity index (χ4n) is 4.97. The molecular weight excluding hydrogens is 546 g/mol. The molecule has 8 heteroatoms. The quantitative estimate of drug-likeness (QED) is 0.244. The van der Waals surface area contributed by atoms with Gasteiger partial charge in [-0.15, -0.1) is 0 Å². The number of rotatable bonds is 12. The van der Waals surface area contributed by atoms with Crippen molar-refractivity contribution in [3.05, 3.63) is 114 Å². The summed E-state index contributed by atoms with van der Waals surface area (Å²) >= 11 is 0. The van der Waals surface area contributed by atoms with Gasteiger partial charge in [0.2, 0.25) is 21.8 Å². The van der Waals surface area contributed by atoms with E-state index in [1.54, 1.807) is 12.1 Å². The normalized spacial score (nSPS) is 12.2. The van der Waals surface area contributed by atoms with E-state index in [-0.39, 0.29) is 24.8 Å². The molecule has 4 aromatic carbocycles. The van der Waals surface area contributed by atoms with Crippen molar-refractivity contribution in [2.45, 2.75) is 39.8 Å². The number of fused-ring (bicyclic) bond motifs is 1. The Balaban J connectivity index is 1.78. The third kappa shape index (κ3) is 7.76. The van der Waals surface area contributed by atoms with E-state index in [1.165, 1.54) is 4.90 Å². The molecule has 2 amide bonds. The number of amides is 2. The highest BCUT2D eigenvalue weighted by atomic mass is 32.2. The van der Waals surface area contributed by atoms with Crippen molar-refractivity contribution in [2.24, 2.45) is 5.92 Å². The van der Waals surface area contributed by atoms with E-state index in [4.69, 9.17) is 0 Å². The van der Waals surface area contributed by atoms with E-state index in [1.807, 2.05) is 106 Å². The van der Waals surface area contributed by atoms with Crippen LogP contribution in [-0.2, 0) is 32.6 Å². The van der Waals surface area contributed by atoms with Gasteiger partial charge in [0.1, 0.15) is 12.6 Å². The van der Waals surface area contributed by atoms with Crippen molar-refractivity contribution in [1.82, 2.24) is 10.2 Å². The van der Waals surface area contributed by atoms with Crippen LogP contribution < -0.4 is 9.62 Å². The first-order valence-electron chi connectivity index (χ1n) is 14.2. The number of carbonyl (C=O) groups is 2. The van der Waals surface area contributed by atoms with Gasteiger partial charge >= 0.3 is 0 Å². The number of hydrogen-bond acceptors (Lipinski definition) is 4. The number of hydrogen-bond donors (Lipinski definition) is 1. The predicted octanol–water partition coefficient (Wildman–Crippen LogP) is 5.33. The third-order valence-electron chi connectivity index (χ3n) is 7.27. The van der Waals surface area contributed by atoms with Crippen molar-refractivity contribution >= 4 is 38.3 Å². The number of benzene rings is 4. The van der Waals surface area contributed by atoms with Crippen LogP contribution in [0.5, 0.6) is 0 Å². The maximum Gasteiger partial charge on any atom is 0.244 e. The third-order valence-corrected chi connectivity index (χ3v) is 8.40. The number of anilines is 1. The molecule has 1 atom stereocenters. The SMILES string of the molecule is Cc1ccccc1CN(C(=O)CN(c1cccc2ccccc12)S(C)(=O)=O)C(Cc1ccccc1)C(=O)NCC(C)C. The van der Waals surface area contributed by atoms with Crippen LogP contribution in [0, 0.1) is 12.8 Å². The summed E-state index contributed by atoms with van der Waals surface area (Å²) in [6, 6.07) is 29.3. The molecule has 0 aliphatic carbocycles. The zero-order valence-corrected chi connectivity index (χ0v) is 25.5. The van der Waals surface area contributed by atoms with Crippen LogP contribution in [0.1, 0.15) is 30.5 Å². The summed E-state index contributed by atoms with van der Waals surface area (Å²) in [5, 5.41) is 4.60. The molecule has 0 bridgehead atoms. The van der Waals surface area contributed by atoms with Crippen LogP contribution in [0.2, 0.25) is 0 Å². The molecule has 4 aromatic rings. The second kappa shape index (κ2) is 13.7. The molecule has 7 nitrogen and oxygen atoms in total. The van der Waals surface area contributed by atoms with Crippen LogP contribution in [0.4, 0.5) is 5.69 Å². The van der Waals surface area contributed by atoms with Gasteiger partial charge in [0.25, 0.3) is 0 Å². The molecule has 0 saturated carbocycles. The Morgan fingerprint density at radius 1 is 0.833 bits per heavy atom. The fraction of sp³-hybridized carbons (Fsp3) is 0.294. The molecule has 0 aliphatic rings. The monoisotopic (exact) mass is 585 g/mol. The lowest BCUT2D eigenvalue weighted by Gasteiger charge is -2.34. The Kier molecular flexibility index (Phi) is 10.0. The molecule has 0 radical (unpaired) electrons. The standard InChI is InChI=1S/C34H39N3O4S/c1-25(2)22-35-34(39)32(21-27-14-6-5-7-15-27)36(23-29-17-9-8-13-26(29)3)33(38)24-37(42(4,40)41)31-20-12-18-28-16-10-11-19-30(28)31/h5-20,25,32H,21-24H2,1-4H3,(H,35,39). The Bertz CT molecular complexity index is 1630. The number of nitrogens with zero attached hydrogens (tertiary/aromatic N) is 2. The highest BCUT2D eigenvalue weighted by Gasteiger charge is 2.33. The van der Waals surface area contributed by atoms with Crippen LogP contribution in [-0.4, -0.2) is 50.5 Å². The summed E-state index contributed by atoms with van der Waals surface area (Å²) in [6.45, 7) is 6.16. The summed E-state index contributed by atoms with van der Waals surface area (Å²) < 4.78 is 27.5. The molecule has 1 N–H and O–H groups in total. The lowest BCUT2D eigenvalue weighted by atomic mass is 10.0. The van der Waals surface area contributed by atoms with E-state index in [9.17, 15) is 18.0 Å². The van der Waals surface area contributed by atoms with Crippen LogP contribution in [0.15, 0.2) is 97.1 Å². The van der Waals surface area contributed by atoms with Crippen LogP contribution in [0.3, 0.4) is 0 Å². The average molecular weight is 586 g/mol. The van der Waals surface area contributed by atoms with Gasteiger partial charge in [-0.25, -0.2) is 8.42 Å². The Morgan fingerprint density at radius 3 is 2.17 bits per heavy atom. The lowest BCUT2D eigenvalue weighted by Crippen LogP contribution is -2.53. The minimum Gasteiger partial charge on any atom is -0.354 e. The molecule has 1 unspecified atom stereocenters. The van der Waals surface area contributed by atoms with E-state index in [0.717, 1.165) is 38.0 Å². The number of nitrogens with one attached hydrogen (secondary N) is 1. The molecule has 4 rings (SSSR count). The van der Waals surface area contributed by atoms with E-state index in [2.05, 4.69) is 5.32 Å². The van der Waals surface area contributed by atoms with Gasteiger partial charge in [-0.05, 0) is 41.0 Å². The topological polar surface area (TPSA) is 86.8 Å². The van der Waals surface area contributed by atoms with Crippen molar-refractivity contribution in [1.29, 1.82) is 0 Å². The summed E-state index contributed by atoms with van der Waals surface area (Å²) in [5.74, 6) is -0.512. The molecule has 220 valence electrons. The van der Waals surface area contributed by atoms with Crippen molar-refractivity contribution in [3.63, 3.8) is 0 Å². The molecule has 0 saturated heterocycles. The summed E-state index contributed by atoms with van der Waals surface area (Å²) in [6.07, 6.45) is 1.39. The van der Waals surface area contributed by atoms with Crippen LogP contribution >= 0.6 is 0 Å². The molecule has 0 aliphatic heterocycles. The second-order valence-corrected chi connectivity index (χ2v) is 13.0. The number of sulfonamides is 1. The Labute approximate surface area is 249 Å². The summed E-state index contributed by atoms with van der Waals surface area (Å²) in [4.78, 5) is 29.6. The minimum atomic E-state index is -3.86. The molecule has 0 aromatic heterocycles. The van der Waals surface area contributed by atoms with Crippen LogP contribution in [0.25, 0.3) is 10.8 Å². The number of aryl methyl sites for hydroxylation is 1. The van der Waals surface area contributed by atoms with Gasteiger partial charge < -0.3 is 10.2 Å². The first-order valence-corrected chi connectivity index (χ1v) is 16.0. The lowest BCUT2D eigenvalue weighted by molar-refractivity contribution is -0.140. The van der Waals surface area contributed by atoms with Gasteiger partial charge in [0.05, 0.1) is 11.9 Å². The molecule has 0 spiro atoms. The second-order valence-electron chi connectivity index (χ2n) is 11.1. The molecule has 42 heavy (non-hydrogen) atoms. The maximum atomic E-state index is 14.3. The van der Waals surface area contributed by atoms with E-state index < -0.39 is 28.5 Å². The zero-order chi connectivity index (χ0) is 30.3. The van der Waals surface area contributed by atoms with Crippen molar-refractivity contribution < 1.29 is 18.0 Å². The molecular formula is C34H39N3O4S. The first kappa shape index (κ1) is 30.8. The van der Waals surface area contributed by atoms with Gasteiger partial charge in [-0.1, -0.05) is 105 Å².